The van der Waals surface area contributed by atoms with Gasteiger partial charge >= 0.3 is 0 Å². The molecule has 3 heterocycles. The number of nitrogens with zero attached hydrogens (tertiary/aromatic N) is 3. The van der Waals surface area contributed by atoms with Crippen molar-refractivity contribution in [3.63, 3.8) is 0 Å². The Morgan fingerprint density at radius 3 is 3.09 bits per heavy atom. The first-order chi connectivity index (χ1) is 11.2. The summed E-state index contributed by atoms with van der Waals surface area (Å²) in [5.74, 6) is 0.355. The minimum Gasteiger partial charge on any atom is -0.380 e. The summed E-state index contributed by atoms with van der Waals surface area (Å²) in [7, 11) is 1.63. The van der Waals surface area contributed by atoms with Gasteiger partial charge < -0.3 is 10.1 Å². The number of hydrogen-bond donors (Lipinski definition) is 1. The lowest BCUT2D eigenvalue weighted by Gasteiger charge is -2.01. The summed E-state index contributed by atoms with van der Waals surface area (Å²) in [6.07, 6.45) is 3.56. The lowest BCUT2D eigenvalue weighted by atomic mass is 10.3. The number of methoxy groups -OCH3 is 1. The predicted molar refractivity (Wildman–Crippen MR) is 88.6 cm³/mol. The van der Waals surface area contributed by atoms with Crippen molar-refractivity contribution in [2.24, 2.45) is 0 Å². The molecule has 1 N–H and O–H groups in total. The number of rotatable bonds is 6. The van der Waals surface area contributed by atoms with Crippen molar-refractivity contribution in [3.05, 3.63) is 64.2 Å². The van der Waals surface area contributed by atoms with Crippen molar-refractivity contribution in [1.82, 2.24) is 14.8 Å². The molecule has 0 bridgehead atoms. The van der Waals surface area contributed by atoms with E-state index in [9.17, 15) is 4.79 Å². The van der Waals surface area contributed by atoms with E-state index >= 15 is 0 Å². The van der Waals surface area contributed by atoms with Crippen LogP contribution in [0.25, 0.3) is 0 Å². The number of carbonyl (C=O) groups excluding carboxylic acids is 1. The Balaban J connectivity index is 1.62. The third-order valence-corrected chi connectivity index (χ3v) is 4.10. The van der Waals surface area contributed by atoms with E-state index in [1.807, 2.05) is 35.8 Å². The Kier molecular flexibility index (Phi) is 4.80. The van der Waals surface area contributed by atoms with Gasteiger partial charge in [0.25, 0.3) is 5.91 Å². The average molecular weight is 328 g/mol. The highest BCUT2D eigenvalue weighted by molar-refractivity contribution is 7.12. The second kappa shape index (κ2) is 7.17. The van der Waals surface area contributed by atoms with Crippen molar-refractivity contribution in [3.8, 4) is 0 Å². The molecule has 0 saturated carbocycles. The highest BCUT2D eigenvalue weighted by atomic mass is 32.1. The third-order valence-electron chi connectivity index (χ3n) is 3.12. The smallest absolute Gasteiger partial charge is 0.266 e. The number of thiophene rings is 1. The maximum atomic E-state index is 12.2. The molecule has 7 heteroatoms. The van der Waals surface area contributed by atoms with E-state index in [1.54, 1.807) is 24.1 Å². The quantitative estimate of drug-likeness (QED) is 0.755. The Morgan fingerprint density at radius 2 is 2.30 bits per heavy atom. The molecule has 0 spiro atoms. The lowest BCUT2D eigenvalue weighted by Crippen LogP contribution is -2.11. The fraction of sp³-hybridized carbons (Fsp3) is 0.188. The molecule has 0 aliphatic rings. The number of carbonyl (C=O) groups is 1. The first-order valence-corrected chi connectivity index (χ1v) is 7.93. The van der Waals surface area contributed by atoms with Gasteiger partial charge in [-0.3, -0.25) is 14.5 Å². The van der Waals surface area contributed by atoms with Gasteiger partial charge in [-0.25, -0.2) is 0 Å². The monoisotopic (exact) mass is 328 g/mol. The fourth-order valence-corrected chi connectivity index (χ4v) is 2.88. The average Bonchev–Trinajstić information content (AvgIpc) is 3.18. The molecule has 3 aromatic rings. The highest BCUT2D eigenvalue weighted by Crippen LogP contribution is 2.17. The van der Waals surface area contributed by atoms with E-state index in [1.165, 1.54) is 11.3 Å². The molecule has 23 heavy (non-hydrogen) atoms. The molecule has 3 aromatic heterocycles. The van der Waals surface area contributed by atoms with E-state index in [0.717, 1.165) is 11.3 Å². The van der Waals surface area contributed by atoms with Crippen molar-refractivity contribution in [1.29, 1.82) is 0 Å². The summed E-state index contributed by atoms with van der Waals surface area (Å²) < 4.78 is 6.79. The Bertz CT molecular complexity index is 782. The fourth-order valence-electron chi connectivity index (χ4n) is 2.09. The van der Waals surface area contributed by atoms with Gasteiger partial charge in [-0.1, -0.05) is 6.07 Å². The Labute approximate surface area is 137 Å². The van der Waals surface area contributed by atoms with Crippen LogP contribution in [-0.4, -0.2) is 27.8 Å². The molecule has 0 radical (unpaired) electrons. The molecule has 1 amide bonds. The number of aromatic nitrogens is 3. The van der Waals surface area contributed by atoms with Crippen LogP contribution in [0.3, 0.4) is 0 Å². The number of pyridine rings is 1. The van der Waals surface area contributed by atoms with Gasteiger partial charge in [0.1, 0.15) is 0 Å². The highest BCUT2D eigenvalue weighted by Gasteiger charge is 2.11. The van der Waals surface area contributed by atoms with Crippen LogP contribution in [-0.2, 0) is 17.9 Å². The Hall–Kier alpha value is -2.51. The first-order valence-electron chi connectivity index (χ1n) is 7.05. The van der Waals surface area contributed by atoms with E-state index in [2.05, 4.69) is 15.4 Å². The summed E-state index contributed by atoms with van der Waals surface area (Å²) in [5, 5.41) is 9.05. The number of hydrogen-bond acceptors (Lipinski definition) is 5. The molecule has 0 fully saturated rings. The van der Waals surface area contributed by atoms with E-state index in [0.29, 0.717) is 23.8 Å². The first kappa shape index (κ1) is 15.4. The second-order valence-electron chi connectivity index (χ2n) is 4.93. The summed E-state index contributed by atoms with van der Waals surface area (Å²) >= 11 is 1.39. The van der Waals surface area contributed by atoms with Crippen LogP contribution in [0.1, 0.15) is 20.9 Å². The standard InChI is InChI=1S/C16H16N4O2S/c1-22-10-12-8-14(23-11-12)16(21)18-15-5-7-20(19-15)9-13-4-2-3-6-17-13/h2-8,11H,9-10H2,1H3,(H,18,19,21). The molecule has 0 unspecified atom stereocenters. The van der Waals surface area contributed by atoms with Gasteiger partial charge in [0, 0.05) is 25.6 Å². The molecule has 0 saturated heterocycles. The van der Waals surface area contributed by atoms with Gasteiger partial charge in [0.05, 0.1) is 23.7 Å². The number of ether oxygens (including phenoxy) is 1. The maximum Gasteiger partial charge on any atom is 0.266 e. The van der Waals surface area contributed by atoms with E-state index < -0.39 is 0 Å². The lowest BCUT2D eigenvalue weighted by molar-refractivity contribution is 0.103. The SMILES string of the molecule is COCc1csc(C(=O)Nc2ccn(Cc3ccccn3)n2)c1. The predicted octanol–water partition coefficient (Wildman–Crippen LogP) is 2.79. The van der Waals surface area contributed by atoms with Gasteiger partial charge in [-0.05, 0) is 29.1 Å². The van der Waals surface area contributed by atoms with Crippen molar-refractivity contribution >= 4 is 23.1 Å². The van der Waals surface area contributed by atoms with Crippen LogP contribution in [0.5, 0.6) is 0 Å². The minimum absolute atomic E-state index is 0.166. The molecule has 0 atom stereocenters. The zero-order chi connectivity index (χ0) is 16.1. The van der Waals surface area contributed by atoms with Gasteiger partial charge in [0.15, 0.2) is 5.82 Å². The van der Waals surface area contributed by atoms with Crippen LogP contribution in [0.15, 0.2) is 48.1 Å². The minimum atomic E-state index is -0.166. The normalized spacial score (nSPS) is 10.7. The summed E-state index contributed by atoms with van der Waals surface area (Å²) in [5.41, 5.74) is 1.90. The molecule has 0 aliphatic carbocycles. The maximum absolute atomic E-state index is 12.2. The number of amides is 1. The van der Waals surface area contributed by atoms with E-state index in [-0.39, 0.29) is 5.91 Å². The summed E-state index contributed by atoms with van der Waals surface area (Å²) in [6, 6.07) is 9.34. The van der Waals surface area contributed by atoms with Crippen molar-refractivity contribution in [2.75, 3.05) is 12.4 Å². The molecule has 0 aliphatic heterocycles. The van der Waals surface area contributed by atoms with Crippen LogP contribution in [0, 0.1) is 0 Å². The third kappa shape index (κ3) is 4.02. The van der Waals surface area contributed by atoms with Crippen LogP contribution in [0.2, 0.25) is 0 Å². The topological polar surface area (TPSA) is 69.0 Å². The zero-order valence-electron chi connectivity index (χ0n) is 12.6. The number of anilines is 1. The second-order valence-corrected chi connectivity index (χ2v) is 5.84. The zero-order valence-corrected chi connectivity index (χ0v) is 13.4. The van der Waals surface area contributed by atoms with Crippen molar-refractivity contribution in [2.45, 2.75) is 13.2 Å². The van der Waals surface area contributed by atoms with Gasteiger partial charge in [0.2, 0.25) is 0 Å². The molecule has 3 rings (SSSR count). The van der Waals surface area contributed by atoms with Crippen LogP contribution < -0.4 is 5.32 Å². The van der Waals surface area contributed by atoms with Crippen molar-refractivity contribution < 1.29 is 9.53 Å². The van der Waals surface area contributed by atoms with E-state index in [4.69, 9.17) is 4.74 Å². The molecule has 0 aromatic carbocycles. The van der Waals surface area contributed by atoms with Gasteiger partial charge in [-0.2, -0.15) is 5.10 Å². The Morgan fingerprint density at radius 1 is 1.39 bits per heavy atom. The summed E-state index contributed by atoms with van der Waals surface area (Å²) in [4.78, 5) is 17.1. The molecular weight excluding hydrogens is 312 g/mol. The molecule has 6 nitrogen and oxygen atoms in total. The largest absolute Gasteiger partial charge is 0.380 e. The summed E-state index contributed by atoms with van der Waals surface area (Å²) in [6.45, 7) is 1.07. The number of nitrogens with one attached hydrogen (secondary N) is 1. The van der Waals surface area contributed by atoms with Gasteiger partial charge in [-0.15, -0.1) is 11.3 Å². The van der Waals surface area contributed by atoms with Crippen LogP contribution >= 0.6 is 11.3 Å². The van der Waals surface area contributed by atoms with Crippen LogP contribution in [0.4, 0.5) is 5.82 Å². The molecule has 118 valence electrons. The molecular formula is C16H16N4O2S.